The molecule has 1 aliphatic rings. The van der Waals surface area contributed by atoms with Crippen LogP contribution >= 0.6 is 11.3 Å². The van der Waals surface area contributed by atoms with E-state index >= 15 is 0 Å². The summed E-state index contributed by atoms with van der Waals surface area (Å²) in [6.45, 7) is 6.69. The third-order valence-electron chi connectivity index (χ3n) is 7.29. The summed E-state index contributed by atoms with van der Waals surface area (Å²) in [4.78, 5) is 27.5. The van der Waals surface area contributed by atoms with Gasteiger partial charge in [-0.1, -0.05) is 86.6 Å². The summed E-state index contributed by atoms with van der Waals surface area (Å²) in [6.07, 6.45) is 2.74. The largest absolute Gasteiger partial charge is 0.339 e. The molecule has 1 aromatic heterocycles. The first kappa shape index (κ1) is 26.1. The van der Waals surface area contributed by atoms with E-state index in [0.29, 0.717) is 15.9 Å². The average molecular weight is 527 g/mol. The van der Waals surface area contributed by atoms with E-state index in [1.165, 1.54) is 28.0 Å². The predicted octanol–water partition coefficient (Wildman–Crippen LogP) is 6.55. The molecule has 5 nitrogen and oxygen atoms in total. The highest BCUT2D eigenvalue weighted by Gasteiger charge is 2.37. The molecule has 196 valence electrons. The molecule has 0 aliphatic carbocycles. The Morgan fingerprint density at radius 2 is 1.53 bits per heavy atom. The molecule has 2 heterocycles. The minimum atomic E-state index is -0.580. The van der Waals surface area contributed by atoms with Crippen molar-refractivity contribution < 1.29 is 14.2 Å². The molecule has 0 bridgehead atoms. The highest BCUT2D eigenvalue weighted by atomic mass is 32.1. The maximum Gasteiger partial charge on any atom is 0.287 e. The van der Waals surface area contributed by atoms with Gasteiger partial charge in [0.05, 0.1) is 4.88 Å². The van der Waals surface area contributed by atoms with Gasteiger partial charge in [-0.05, 0) is 41.0 Å². The molecule has 38 heavy (non-hydrogen) atoms. The monoisotopic (exact) mass is 526 g/mol. The van der Waals surface area contributed by atoms with Crippen molar-refractivity contribution in [2.24, 2.45) is 5.92 Å². The number of carbonyl (C=O) groups is 2. The SMILES string of the molecule is CC(C)C[C@H](NC(=O)c1cc2ccccc2s1)C(=O)N[N+]1(Cc2ccc(-c3ccccc3)cc2)CCCC1. The molecule has 5 rings (SSSR count). The van der Waals surface area contributed by atoms with Crippen LogP contribution in [0, 0.1) is 5.92 Å². The number of carbonyl (C=O) groups excluding carboxylic acids is 2. The summed E-state index contributed by atoms with van der Waals surface area (Å²) in [5.74, 6) is -0.0153. The van der Waals surface area contributed by atoms with Gasteiger partial charge in [0, 0.05) is 23.1 Å². The summed E-state index contributed by atoms with van der Waals surface area (Å²) in [7, 11) is 0. The fourth-order valence-corrected chi connectivity index (χ4v) is 6.34. The Hall–Kier alpha value is -3.48. The molecular weight excluding hydrogens is 490 g/mol. The third kappa shape index (κ3) is 6.14. The number of amides is 2. The Kier molecular flexibility index (Phi) is 7.91. The second-order valence-corrected chi connectivity index (χ2v) is 11.9. The smallest absolute Gasteiger partial charge is 0.287 e. The molecular formula is C32H36N3O2S+. The lowest BCUT2D eigenvalue weighted by atomic mass is 10.0. The fourth-order valence-electron chi connectivity index (χ4n) is 5.37. The molecule has 0 saturated carbocycles. The van der Waals surface area contributed by atoms with Crippen LogP contribution in [0.3, 0.4) is 0 Å². The Morgan fingerprint density at radius 1 is 0.868 bits per heavy atom. The minimum absolute atomic E-state index is 0.101. The Morgan fingerprint density at radius 3 is 2.21 bits per heavy atom. The van der Waals surface area contributed by atoms with Gasteiger partial charge < -0.3 is 5.32 Å². The van der Waals surface area contributed by atoms with Gasteiger partial charge in [-0.3, -0.25) is 9.59 Å². The second kappa shape index (κ2) is 11.5. The van der Waals surface area contributed by atoms with Crippen LogP contribution in [0.15, 0.2) is 84.9 Å². The number of likely N-dealkylation sites (tertiary alicyclic amines) is 1. The highest BCUT2D eigenvalue weighted by Crippen LogP contribution is 2.26. The van der Waals surface area contributed by atoms with Crippen LogP contribution in [0.1, 0.15) is 48.3 Å². The number of nitrogens with zero attached hydrogens (tertiary/aromatic N) is 1. The van der Waals surface area contributed by atoms with Crippen LogP contribution in [0.25, 0.3) is 21.2 Å². The number of hydrogen-bond acceptors (Lipinski definition) is 3. The molecule has 3 aromatic carbocycles. The first-order valence-electron chi connectivity index (χ1n) is 13.5. The normalized spacial score (nSPS) is 15.4. The molecule has 4 aromatic rings. The number of hydrogen-bond donors (Lipinski definition) is 2. The molecule has 1 aliphatic heterocycles. The van der Waals surface area contributed by atoms with Gasteiger partial charge in [0.25, 0.3) is 11.8 Å². The van der Waals surface area contributed by atoms with Gasteiger partial charge >= 0.3 is 0 Å². The van der Waals surface area contributed by atoms with Crippen LogP contribution in [-0.2, 0) is 11.3 Å². The summed E-state index contributed by atoms with van der Waals surface area (Å²) in [6, 6.07) is 28.3. The zero-order valence-corrected chi connectivity index (χ0v) is 23.0. The van der Waals surface area contributed by atoms with E-state index in [-0.39, 0.29) is 17.7 Å². The summed E-state index contributed by atoms with van der Waals surface area (Å²) >= 11 is 1.46. The molecule has 6 heteroatoms. The number of nitrogens with one attached hydrogen (secondary N) is 2. The predicted molar refractivity (Wildman–Crippen MR) is 155 cm³/mol. The van der Waals surface area contributed by atoms with E-state index in [4.69, 9.17) is 0 Å². The molecule has 2 amide bonds. The molecule has 2 N–H and O–H groups in total. The van der Waals surface area contributed by atoms with Crippen molar-refractivity contribution in [2.45, 2.75) is 45.7 Å². The van der Waals surface area contributed by atoms with Crippen LogP contribution in [-0.4, -0.2) is 35.5 Å². The summed E-state index contributed by atoms with van der Waals surface area (Å²) in [5, 5.41) is 4.10. The summed E-state index contributed by atoms with van der Waals surface area (Å²) < 4.78 is 1.60. The zero-order valence-electron chi connectivity index (χ0n) is 22.2. The molecule has 1 atom stereocenters. The Balaban J connectivity index is 1.30. The van der Waals surface area contributed by atoms with Gasteiger partial charge in [0.2, 0.25) is 0 Å². The third-order valence-corrected chi connectivity index (χ3v) is 8.41. The highest BCUT2D eigenvalue weighted by molar-refractivity contribution is 7.20. The van der Waals surface area contributed by atoms with Gasteiger partial charge in [-0.25, -0.2) is 4.59 Å². The minimum Gasteiger partial charge on any atom is -0.339 e. The Bertz CT molecular complexity index is 1360. The van der Waals surface area contributed by atoms with Crippen molar-refractivity contribution in [1.82, 2.24) is 10.7 Å². The number of fused-ring (bicyclic) bond motifs is 1. The first-order valence-corrected chi connectivity index (χ1v) is 14.3. The zero-order chi connectivity index (χ0) is 26.5. The Labute approximate surface area is 229 Å². The number of thiophene rings is 1. The van der Waals surface area contributed by atoms with Crippen molar-refractivity contribution in [3.8, 4) is 11.1 Å². The van der Waals surface area contributed by atoms with Crippen molar-refractivity contribution in [2.75, 3.05) is 13.1 Å². The maximum absolute atomic E-state index is 13.7. The topological polar surface area (TPSA) is 58.2 Å². The molecule has 0 radical (unpaired) electrons. The molecule has 0 unspecified atom stereocenters. The number of quaternary nitrogens is 1. The van der Waals surface area contributed by atoms with E-state index in [9.17, 15) is 9.59 Å². The average Bonchev–Trinajstić information content (AvgIpc) is 3.56. The van der Waals surface area contributed by atoms with Gasteiger partial charge in [-0.15, -0.1) is 11.3 Å². The van der Waals surface area contributed by atoms with E-state index < -0.39 is 6.04 Å². The van der Waals surface area contributed by atoms with Crippen molar-refractivity contribution >= 4 is 33.2 Å². The maximum atomic E-state index is 13.7. The van der Waals surface area contributed by atoms with E-state index in [1.807, 2.05) is 36.4 Å². The number of benzene rings is 3. The van der Waals surface area contributed by atoms with Crippen LogP contribution < -0.4 is 10.7 Å². The van der Waals surface area contributed by atoms with Gasteiger partial charge in [0.15, 0.2) is 0 Å². The second-order valence-electron chi connectivity index (χ2n) is 10.8. The number of rotatable bonds is 9. The molecule has 0 spiro atoms. The lowest BCUT2D eigenvalue weighted by Crippen LogP contribution is -2.62. The first-order chi connectivity index (χ1) is 18.4. The van der Waals surface area contributed by atoms with Crippen LogP contribution in [0.4, 0.5) is 0 Å². The molecule has 1 fully saturated rings. The van der Waals surface area contributed by atoms with Crippen LogP contribution in [0.5, 0.6) is 0 Å². The van der Waals surface area contributed by atoms with Gasteiger partial charge in [-0.2, -0.15) is 5.43 Å². The van der Waals surface area contributed by atoms with E-state index in [1.54, 1.807) is 0 Å². The van der Waals surface area contributed by atoms with E-state index in [2.05, 4.69) is 73.1 Å². The van der Waals surface area contributed by atoms with Crippen molar-refractivity contribution in [3.05, 3.63) is 95.4 Å². The van der Waals surface area contributed by atoms with E-state index in [0.717, 1.165) is 42.6 Å². The lowest BCUT2D eigenvalue weighted by Gasteiger charge is -2.35. The van der Waals surface area contributed by atoms with Crippen LogP contribution in [0.2, 0.25) is 0 Å². The standard InChI is InChI=1S/C32H35N3O2S/c1-23(2)20-28(33-32(37)30-21-27-12-6-7-13-29(27)38-30)31(36)34-35(18-8-9-19-35)22-24-14-16-26(17-15-24)25-10-4-3-5-11-25/h3-7,10-17,21,23,28H,8-9,18-20,22H2,1-2H3,(H-,33,34,36,37)/p+1/t28-/m0/s1. The van der Waals surface area contributed by atoms with Crippen molar-refractivity contribution in [3.63, 3.8) is 0 Å². The van der Waals surface area contributed by atoms with Gasteiger partial charge in [0.1, 0.15) is 25.7 Å². The quantitative estimate of drug-likeness (QED) is 0.243. The van der Waals surface area contributed by atoms with Crippen molar-refractivity contribution in [1.29, 1.82) is 0 Å². The fraction of sp³-hybridized carbons (Fsp3) is 0.312. The lowest BCUT2D eigenvalue weighted by molar-refractivity contribution is -0.963. The summed E-state index contributed by atoms with van der Waals surface area (Å²) in [5.41, 5.74) is 6.94. The molecule has 1 saturated heterocycles.